The van der Waals surface area contributed by atoms with Gasteiger partial charge in [0.05, 0.1) is 12.7 Å². The third kappa shape index (κ3) is 2.90. The lowest BCUT2D eigenvalue weighted by atomic mass is 10.3. The van der Waals surface area contributed by atoms with E-state index in [4.69, 9.17) is 5.73 Å². The van der Waals surface area contributed by atoms with Crippen molar-refractivity contribution in [2.75, 3.05) is 19.7 Å². The molecule has 1 unspecified atom stereocenters. The molecular formula is C9H16N2O4. The maximum absolute atomic E-state index is 11.6. The van der Waals surface area contributed by atoms with E-state index in [-0.39, 0.29) is 13.2 Å². The number of carbonyl (C=O) groups is 2. The van der Waals surface area contributed by atoms with Crippen molar-refractivity contribution in [1.82, 2.24) is 4.90 Å². The quantitative estimate of drug-likeness (QED) is 0.441. The van der Waals surface area contributed by atoms with E-state index in [2.05, 4.69) is 4.74 Å². The van der Waals surface area contributed by atoms with Crippen molar-refractivity contribution in [3.8, 4) is 0 Å². The summed E-state index contributed by atoms with van der Waals surface area (Å²) in [5, 5.41) is 9.22. The molecule has 0 spiro atoms. The molecule has 0 saturated carbocycles. The summed E-state index contributed by atoms with van der Waals surface area (Å²) in [7, 11) is 0. The minimum atomic E-state index is -1.27. The third-order valence-corrected chi connectivity index (χ3v) is 2.28. The van der Waals surface area contributed by atoms with Gasteiger partial charge >= 0.3 is 5.97 Å². The van der Waals surface area contributed by atoms with Crippen LogP contribution in [0.15, 0.2) is 0 Å². The summed E-state index contributed by atoms with van der Waals surface area (Å²) in [6, 6.07) is -1.27. The van der Waals surface area contributed by atoms with Crippen molar-refractivity contribution in [3.05, 3.63) is 0 Å². The lowest BCUT2D eigenvalue weighted by molar-refractivity contribution is -0.150. The highest BCUT2D eigenvalue weighted by molar-refractivity contribution is 6.01. The summed E-state index contributed by atoms with van der Waals surface area (Å²) in [5.41, 5.74) is 5.42. The Labute approximate surface area is 88.0 Å². The molecule has 1 saturated heterocycles. The second-order valence-electron chi connectivity index (χ2n) is 3.46. The van der Waals surface area contributed by atoms with Gasteiger partial charge in [-0.2, -0.15) is 0 Å². The molecule has 0 aromatic carbocycles. The van der Waals surface area contributed by atoms with Crippen LogP contribution in [0.25, 0.3) is 0 Å². The number of amides is 1. The molecule has 0 aliphatic carbocycles. The van der Waals surface area contributed by atoms with E-state index in [0.29, 0.717) is 13.0 Å². The van der Waals surface area contributed by atoms with Crippen molar-refractivity contribution in [2.45, 2.75) is 25.5 Å². The van der Waals surface area contributed by atoms with Gasteiger partial charge in [0.15, 0.2) is 6.04 Å². The van der Waals surface area contributed by atoms with Gasteiger partial charge in [-0.1, -0.05) is 0 Å². The van der Waals surface area contributed by atoms with E-state index in [9.17, 15) is 14.7 Å². The summed E-state index contributed by atoms with van der Waals surface area (Å²) < 4.78 is 4.64. The fraction of sp³-hybridized carbons (Fsp3) is 0.778. The highest BCUT2D eigenvalue weighted by Crippen LogP contribution is 2.09. The smallest absolute Gasteiger partial charge is 0.332 e. The minimum Gasteiger partial charge on any atom is -0.464 e. The molecule has 3 N–H and O–H groups in total. The van der Waals surface area contributed by atoms with E-state index in [0.717, 1.165) is 0 Å². The Balaban J connectivity index is 2.49. The molecule has 1 rings (SSSR count). The Hall–Kier alpha value is -1.14. The maximum atomic E-state index is 11.6. The molecule has 1 amide bonds. The maximum Gasteiger partial charge on any atom is 0.332 e. The number of nitrogens with zero attached hydrogens (tertiary/aromatic N) is 1. The molecule has 1 fully saturated rings. The van der Waals surface area contributed by atoms with Crippen LogP contribution in [0.4, 0.5) is 0 Å². The number of aliphatic hydroxyl groups excluding tert-OH is 1. The monoisotopic (exact) mass is 216 g/mol. The van der Waals surface area contributed by atoms with Crippen LogP contribution < -0.4 is 5.73 Å². The molecule has 1 aliphatic heterocycles. The Kier molecular flexibility index (Phi) is 4.05. The van der Waals surface area contributed by atoms with Crippen molar-refractivity contribution >= 4 is 11.9 Å². The number of β-amino-alcohol motifs (C(OH)–C–C–N with tert-alkyl or cyclic N) is 1. The summed E-state index contributed by atoms with van der Waals surface area (Å²) >= 11 is 0. The molecule has 6 nitrogen and oxygen atoms in total. The molecule has 0 aromatic rings. The fourth-order valence-corrected chi connectivity index (χ4v) is 1.47. The zero-order chi connectivity index (χ0) is 11.4. The fourth-order valence-electron chi connectivity index (χ4n) is 1.47. The van der Waals surface area contributed by atoms with Gasteiger partial charge in [0.1, 0.15) is 0 Å². The normalized spacial score (nSPS) is 22.6. The van der Waals surface area contributed by atoms with Gasteiger partial charge in [0.25, 0.3) is 5.91 Å². The van der Waals surface area contributed by atoms with E-state index >= 15 is 0 Å². The number of nitrogens with two attached hydrogens (primary N) is 1. The van der Waals surface area contributed by atoms with Crippen molar-refractivity contribution in [2.24, 2.45) is 5.73 Å². The van der Waals surface area contributed by atoms with Crippen LogP contribution >= 0.6 is 0 Å². The number of aliphatic hydroxyl groups is 1. The second kappa shape index (κ2) is 5.09. The highest BCUT2D eigenvalue weighted by atomic mass is 16.5. The summed E-state index contributed by atoms with van der Waals surface area (Å²) in [4.78, 5) is 24.1. The number of esters is 1. The first kappa shape index (κ1) is 11.9. The molecular weight excluding hydrogens is 200 g/mol. The largest absolute Gasteiger partial charge is 0.464 e. The first-order chi connectivity index (χ1) is 7.06. The first-order valence-electron chi connectivity index (χ1n) is 4.95. The van der Waals surface area contributed by atoms with Crippen LogP contribution in [0, 0.1) is 0 Å². The SMILES string of the molecule is CCOC(=O)C(N)C(=O)N1CC[C@@H](O)C1. The van der Waals surface area contributed by atoms with Gasteiger partial charge in [-0.15, -0.1) is 0 Å². The number of rotatable bonds is 3. The number of hydrogen-bond donors (Lipinski definition) is 2. The molecule has 0 radical (unpaired) electrons. The van der Waals surface area contributed by atoms with Crippen LogP contribution in [0.5, 0.6) is 0 Å². The van der Waals surface area contributed by atoms with Crippen LogP contribution in [-0.4, -0.2) is 53.7 Å². The van der Waals surface area contributed by atoms with E-state index in [1.807, 2.05) is 0 Å². The molecule has 0 bridgehead atoms. The molecule has 2 atom stereocenters. The van der Waals surface area contributed by atoms with Crippen molar-refractivity contribution in [3.63, 3.8) is 0 Å². The van der Waals surface area contributed by atoms with Gasteiger partial charge in [-0.25, -0.2) is 4.79 Å². The topological polar surface area (TPSA) is 92.9 Å². The standard InChI is InChI=1S/C9H16N2O4/c1-2-15-9(14)7(10)8(13)11-4-3-6(12)5-11/h6-7,12H,2-5,10H2,1H3/t6-,7?/m1/s1. The predicted octanol–water partition coefficient (Wildman–Crippen LogP) is -1.53. The number of carbonyl (C=O) groups excluding carboxylic acids is 2. The van der Waals surface area contributed by atoms with Gasteiger partial charge in [0.2, 0.25) is 0 Å². The Morgan fingerprint density at radius 2 is 2.33 bits per heavy atom. The highest BCUT2D eigenvalue weighted by Gasteiger charge is 2.32. The van der Waals surface area contributed by atoms with E-state index < -0.39 is 24.0 Å². The van der Waals surface area contributed by atoms with Crippen molar-refractivity contribution < 1.29 is 19.4 Å². The van der Waals surface area contributed by atoms with Gasteiger partial charge < -0.3 is 20.5 Å². The summed E-state index contributed by atoms with van der Waals surface area (Å²) in [5.74, 6) is -1.20. The first-order valence-corrected chi connectivity index (χ1v) is 4.95. The molecule has 0 aromatic heterocycles. The van der Waals surface area contributed by atoms with Crippen LogP contribution in [0.2, 0.25) is 0 Å². The predicted molar refractivity (Wildman–Crippen MR) is 51.8 cm³/mol. The zero-order valence-corrected chi connectivity index (χ0v) is 8.68. The molecule has 15 heavy (non-hydrogen) atoms. The van der Waals surface area contributed by atoms with Gasteiger partial charge in [-0.3, -0.25) is 4.79 Å². The zero-order valence-electron chi connectivity index (χ0n) is 8.68. The number of likely N-dealkylation sites (tertiary alicyclic amines) is 1. The van der Waals surface area contributed by atoms with Crippen LogP contribution in [0.3, 0.4) is 0 Å². The molecule has 86 valence electrons. The molecule has 1 aliphatic rings. The van der Waals surface area contributed by atoms with Gasteiger partial charge in [0, 0.05) is 13.1 Å². The Morgan fingerprint density at radius 1 is 1.67 bits per heavy atom. The average Bonchev–Trinajstić information content (AvgIpc) is 2.63. The Bertz CT molecular complexity index is 256. The number of hydrogen-bond acceptors (Lipinski definition) is 5. The average molecular weight is 216 g/mol. The third-order valence-electron chi connectivity index (χ3n) is 2.28. The second-order valence-corrected chi connectivity index (χ2v) is 3.46. The Morgan fingerprint density at radius 3 is 2.80 bits per heavy atom. The molecule has 6 heteroatoms. The summed E-state index contributed by atoms with van der Waals surface area (Å²) in [6.45, 7) is 2.52. The van der Waals surface area contributed by atoms with Crippen molar-refractivity contribution in [1.29, 1.82) is 0 Å². The van der Waals surface area contributed by atoms with Crippen LogP contribution in [0.1, 0.15) is 13.3 Å². The minimum absolute atomic E-state index is 0.197. The summed E-state index contributed by atoms with van der Waals surface area (Å²) in [6.07, 6.45) is 0.0183. The van der Waals surface area contributed by atoms with Gasteiger partial charge in [-0.05, 0) is 13.3 Å². The van der Waals surface area contributed by atoms with E-state index in [1.54, 1.807) is 6.92 Å². The molecule has 1 heterocycles. The van der Waals surface area contributed by atoms with Crippen LogP contribution in [-0.2, 0) is 14.3 Å². The van der Waals surface area contributed by atoms with E-state index in [1.165, 1.54) is 4.90 Å². The lowest BCUT2D eigenvalue weighted by Gasteiger charge is -2.18. The lowest BCUT2D eigenvalue weighted by Crippen LogP contribution is -2.48. The number of ether oxygens (including phenoxy) is 1.